The van der Waals surface area contributed by atoms with Crippen molar-refractivity contribution in [2.24, 2.45) is 0 Å². The van der Waals surface area contributed by atoms with Gasteiger partial charge >= 0.3 is 5.97 Å². The van der Waals surface area contributed by atoms with Gasteiger partial charge in [-0.25, -0.2) is 0 Å². The minimum absolute atomic E-state index is 0.0308. The predicted octanol–water partition coefficient (Wildman–Crippen LogP) is 3.80. The maximum atomic E-state index is 12.4. The van der Waals surface area contributed by atoms with Crippen LogP contribution in [-0.4, -0.2) is 30.9 Å². The van der Waals surface area contributed by atoms with Gasteiger partial charge in [-0.3, -0.25) is 9.59 Å². The van der Waals surface area contributed by atoms with Crippen LogP contribution in [-0.2, 0) is 20.7 Å². The van der Waals surface area contributed by atoms with Crippen molar-refractivity contribution in [1.29, 1.82) is 0 Å². The maximum Gasteiger partial charge on any atom is 0.323 e. The van der Waals surface area contributed by atoms with Crippen molar-refractivity contribution in [3.05, 3.63) is 66.1 Å². The number of ketones is 1. The summed E-state index contributed by atoms with van der Waals surface area (Å²) in [4.78, 5) is 24.4. The number of carbonyl (C=O) groups excluding carboxylic acids is 2. The van der Waals surface area contributed by atoms with E-state index in [1.54, 1.807) is 24.5 Å². The molecule has 1 heterocycles. The van der Waals surface area contributed by atoms with Crippen molar-refractivity contribution in [3.63, 3.8) is 0 Å². The monoisotopic (exact) mass is 369 g/mol. The highest BCUT2D eigenvalue weighted by Crippen LogP contribution is 2.06. The first-order chi connectivity index (χ1) is 13.2. The molecule has 0 aliphatic rings. The highest BCUT2D eigenvalue weighted by molar-refractivity contribution is 5.93. The van der Waals surface area contributed by atoms with Crippen molar-refractivity contribution in [3.8, 4) is 0 Å². The van der Waals surface area contributed by atoms with E-state index in [9.17, 15) is 9.59 Å². The van der Waals surface area contributed by atoms with Crippen LogP contribution in [0.3, 0.4) is 0 Å². The van der Waals surface area contributed by atoms with E-state index in [-0.39, 0.29) is 11.8 Å². The topological polar surface area (TPSA) is 68.5 Å². The molecule has 5 heteroatoms. The van der Waals surface area contributed by atoms with Crippen molar-refractivity contribution in [2.45, 2.75) is 38.6 Å². The van der Waals surface area contributed by atoms with E-state index < -0.39 is 6.04 Å². The van der Waals surface area contributed by atoms with Crippen molar-refractivity contribution >= 4 is 17.8 Å². The Bertz CT molecular complexity index is 707. The summed E-state index contributed by atoms with van der Waals surface area (Å²) in [5.74, 6) is 0.334. The molecule has 0 aliphatic heterocycles. The molecule has 0 bridgehead atoms. The van der Waals surface area contributed by atoms with Crippen molar-refractivity contribution < 1.29 is 18.7 Å². The molecule has 0 radical (unpaired) electrons. The van der Waals surface area contributed by atoms with Gasteiger partial charge < -0.3 is 14.5 Å². The molecular formula is C22H27NO4. The zero-order chi connectivity index (χ0) is 19.3. The van der Waals surface area contributed by atoms with E-state index in [2.05, 4.69) is 12.2 Å². The number of nitrogens with one attached hydrogen (secondary N) is 1. The average Bonchev–Trinajstić information content (AvgIpc) is 3.20. The van der Waals surface area contributed by atoms with E-state index in [1.807, 2.05) is 30.3 Å². The van der Waals surface area contributed by atoms with Crippen molar-refractivity contribution in [1.82, 2.24) is 5.32 Å². The number of allylic oxidation sites excluding steroid dienone is 1. The molecule has 1 atom stereocenters. The molecule has 2 aromatic rings. The fourth-order valence-corrected chi connectivity index (χ4v) is 2.52. The largest absolute Gasteiger partial charge is 0.465 e. The number of unbranched alkanes of at least 4 members (excludes halogenated alkanes) is 1. The molecule has 1 N–H and O–H groups in total. The molecular weight excluding hydrogens is 342 g/mol. The number of furan rings is 1. The highest BCUT2D eigenvalue weighted by atomic mass is 16.5. The zero-order valence-electron chi connectivity index (χ0n) is 15.7. The second kappa shape index (κ2) is 11.9. The van der Waals surface area contributed by atoms with E-state index >= 15 is 0 Å². The first-order valence-electron chi connectivity index (χ1n) is 9.37. The lowest BCUT2D eigenvalue weighted by atomic mass is 10.1. The third kappa shape index (κ3) is 8.05. The molecule has 0 fully saturated rings. The molecule has 0 saturated heterocycles. The van der Waals surface area contributed by atoms with Gasteiger partial charge in [-0.05, 0) is 42.7 Å². The van der Waals surface area contributed by atoms with E-state index in [1.165, 1.54) is 6.08 Å². The molecule has 0 amide bonds. The number of benzene rings is 1. The van der Waals surface area contributed by atoms with E-state index in [0.29, 0.717) is 31.8 Å². The summed E-state index contributed by atoms with van der Waals surface area (Å²) in [7, 11) is 0. The van der Waals surface area contributed by atoms with Crippen LogP contribution in [0.4, 0.5) is 0 Å². The summed E-state index contributed by atoms with van der Waals surface area (Å²) in [5.41, 5.74) is 1.05. The molecule has 0 aliphatic carbocycles. The van der Waals surface area contributed by atoms with E-state index in [4.69, 9.17) is 9.15 Å². The lowest BCUT2D eigenvalue weighted by Crippen LogP contribution is -2.41. The number of ether oxygens (including phenoxy) is 1. The Balaban J connectivity index is 1.84. The molecule has 0 unspecified atom stereocenters. The molecule has 1 aromatic heterocycles. The number of hydrogen-bond acceptors (Lipinski definition) is 5. The van der Waals surface area contributed by atoms with Crippen LogP contribution in [0.15, 0.2) is 59.2 Å². The predicted molar refractivity (Wildman–Crippen MR) is 105 cm³/mol. The first kappa shape index (κ1) is 20.6. The van der Waals surface area contributed by atoms with Gasteiger partial charge in [0.1, 0.15) is 11.8 Å². The zero-order valence-corrected chi connectivity index (χ0v) is 15.7. The van der Waals surface area contributed by atoms with Crippen LogP contribution in [0, 0.1) is 0 Å². The Morgan fingerprint density at radius 2 is 2.00 bits per heavy atom. The Labute approximate surface area is 160 Å². The third-order valence-corrected chi connectivity index (χ3v) is 4.05. The van der Waals surface area contributed by atoms with Crippen LogP contribution < -0.4 is 5.32 Å². The van der Waals surface area contributed by atoms with Crippen LogP contribution in [0.1, 0.15) is 37.5 Å². The summed E-state index contributed by atoms with van der Waals surface area (Å²) < 4.78 is 10.5. The van der Waals surface area contributed by atoms with Gasteiger partial charge in [0.25, 0.3) is 0 Å². The molecule has 144 valence electrons. The van der Waals surface area contributed by atoms with Gasteiger partial charge in [0.05, 0.1) is 12.9 Å². The summed E-state index contributed by atoms with van der Waals surface area (Å²) >= 11 is 0. The first-order valence-corrected chi connectivity index (χ1v) is 9.37. The fourth-order valence-electron chi connectivity index (χ4n) is 2.52. The summed E-state index contributed by atoms with van der Waals surface area (Å²) in [6.45, 7) is 2.88. The molecule has 0 spiro atoms. The quantitative estimate of drug-likeness (QED) is 0.350. The molecule has 2 rings (SSSR count). The molecule has 1 aromatic carbocycles. The number of carbonyl (C=O) groups is 2. The SMILES string of the molecule is CCCCOC(=O)[C@H](Cc1ccccc1)NCCC(=O)/C=C/c1ccco1. The van der Waals surface area contributed by atoms with Crippen LogP contribution in [0.5, 0.6) is 0 Å². The second-order valence-corrected chi connectivity index (χ2v) is 6.28. The van der Waals surface area contributed by atoms with Crippen LogP contribution in [0.25, 0.3) is 6.08 Å². The van der Waals surface area contributed by atoms with Gasteiger partial charge in [0.2, 0.25) is 0 Å². The fraction of sp³-hybridized carbons (Fsp3) is 0.364. The minimum Gasteiger partial charge on any atom is -0.465 e. The number of esters is 1. The van der Waals surface area contributed by atoms with Crippen molar-refractivity contribution in [2.75, 3.05) is 13.2 Å². The van der Waals surface area contributed by atoms with E-state index in [0.717, 1.165) is 18.4 Å². The summed E-state index contributed by atoms with van der Waals surface area (Å²) in [6, 6.07) is 12.9. The van der Waals surface area contributed by atoms with Crippen LogP contribution in [0.2, 0.25) is 0 Å². The van der Waals surface area contributed by atoms with Crippen LogP contribution >= 0.6 is 0 Å². The minimum atomic E-state index is -0.467. The number of hydrogen-bond donors (Lipinski definition) is 1. The molecule has 27 heavy (non-hydrogen) atoms. The third-order valence-electron chi connectivity index (χ3n) is 4.05. The normalized spacial score (nSPS) is 12.2. The average molecular weight is 369 g/mol. The Morgan fingerprint density at radius 1 is 1.19 bits per heavy atom. The molecule has 0 saturated carbocycles. The van der Waals surface area contributed by atoms with Gasteiger partial charge in [-0.2, -0.15) is 0 Å². The smallest absolute Gasteiger partial charge is 0.323 e. The van der Waals surface area contributed by atoms with Gasteiger partial charge in [0.15, 0.2) is 5.78 Å². The van der Waals surface area contributed by atoms with Gasteiger partial charge in [0, 0.05) is 13.0 Å². The second-order valence-electron chi connectivity index (χ2n) is 6.28. The summed E-state index contributed by atoms with van der Waals surface area (Å²) in [6.07, 6.45) is 7.34. The van der Waals surface area contributed by atoms with Gasteiger partial charge in [-0.15, -0.1) is 0 Å². The Morgan fingerprint density at radius 3 is 2.70 bits per heavy atom. The lowest BCUT2D eigenvalue weighted by molar-refractivity contribution is -0.146. The highest BCUT2D eigenvalue weighted by Gasteiger charge is 2.20. The molecule has 5 nitrogen and oxygen atoms in total. The number of rotatable bonds is 12. The Kier molecular flexibility index (Phi) is 9.07. The Hall–Kier alpha value is -2.66. The lowest BCUT2D eigenvalue weighted by Gasteiger charge is -2.17. The summed E-state index contributed by atoms with van der Waals surface area (Å²) in [5, 5.41) is 3.17. The van der Waals surface area contributed by atoms with Gasteiger partial charge in [-0.1, -0.05) is 43.7 Å². The standard InChI is InChI=1S/C22H27NO4/c1-2-3-15-27-22(25)21(17-18-8-5-4-6-9-18)23-14-13-19(24)11-12-20-10-7-16-26-20/h4-12,16,21,23H,2-3,13-15,17H2,1H3/b12-11+/t21-/m0/s1. The maximum absolute atomic E-state index is 12.4.